The smallest absolute Gasteiger partial charge is 0.337 e. The van der Waals surface area contributed by atoms with Gasteiger partial charge in [0, 0.05) is 13.8 Å². The van der Waals surface area contributed by atoms with Crippen LogP contribution in [0.3, 0.4) is 0 Å². The number of carbonyl (C=O) groups is 2. The molecule has 2 aromatic rings. The van der Waals surface area contributed by atoms with E-state index in [4.69, 9.17) is 0 Å². The number of halogens is 2. The molecule has 0 atom stereocenters. The summed E-state index contributed by atoms with van der Waals surface area (Å²) >= 11 is 7.90. The van der Waals surface area contributed by atoms with Crippen molar-refractivity contribution in [2.75, 3.05) is 5.32 Å². The zero-order valence-electron chi connectivity index (χ0n) is 11.2. The van der Waals surface area contributed by atoms with E-state index in [1.165, 1.54) is 17.4 Å². The van der Waals surface area contributed by atoms with Gasteiger partial charge in [0.1, 0.15) is 0 Å². The minimum Gasteiger partial charge on any atom is -0.478 e. The molecule has 2 rings (SSSR count). The summed E-state index contributed by atoms with van der Waals surface area (Å²) in [6.45, 7) is 3.87. The van der Waals surface area contributed by atoms with Crippen molar-refractivity contribution in [1.29, 1.82) is 0 Å². The van der Waals surface area contributed by atoms with Gasteiger partial charge >= 0.3 is 5.97 Å². The number of benzene rings is 1. The van der Waals surface area contributed by atoms with Crippen LogP contribution in [0.4, 0.5) is 5.69 Å². The molecule has 0 saturated carbocycles. The third-order valence-corrected chi connectivity index (χ3v) is 5.15. The largest absolute Gasteiger partial charge is 0.478 e. The maximum Gasteiger partial charge on any atom is 0.337 e. The first-order chi connectivity index (χ1) is 9.79. The lowest BCUT2D eigenvalue weighted by molar-refractivity contribution is 0.0698. The molecule has 1 heterocycles. The first-order valence-corrected chi connectivity index (χ1v) is 8.30. The number of rotatable bonds is 3. The second kappa shape index (κ2) is 6.29. The molecule has 4 nitrogen and oxygen atoms in total. The molecule has 0 spiro atoms. The molecule has 0 aliphatic heterocycles. The molecule has 1 aromatic carbocycles. The number of hydrogen-bond acceptors (Lipinski definition) is 3. The quantitative estimate of drug-likeness (QED) is 0.729. The summed E-state index contributed by atoms with van der Waals surface area (Å²) in [5.41, 5.74) is 1.31. The number of anilines is 1. The number of amides is 1. The number of carboxylic acids is 1. The summed E-state index contributed by atoms with van der Waals surface area (Å²) < 4.78 is 1.13. The van der Waals surface area contributed by atoms with E-state index < -0.39 is 5.97 Å². The van der Waals surface area contributed by atoms with Gasteiger partial charge in [0.25, 0.3) is 5.91 Å². The fourth-order valence-corrected chi connectivity index (χ4v) is 3.98. The van der Waals surface area contributed by atoms with Crippen molar-refractivity contribution in [3.63, 3.8) is 0 Å². The molecule has 1 aromatic heterocycles. The summed E-state index contributed by atoms with van der Waals surface area (Å²) in [7, 11) is 0. The van der Waals surface area contributed by atoms with Gasteiger partial charge in [-0.15, -0.1) is 11.3 Å². The normalized spacial score (nSPS) is 10.5. The van der Waals surface area contributed by atoms with E-state index in [1.807, 2.05) is 13.8 Å². The molecule has 0 fully saturated rings. The number of aryl methyl sites for hydroxylation is 2. The maximum absolute atomic E-state index is 12.3. The zero-order chi connectivity index (χ0) is 15.7. The van der Waals surface area contributed by atoms with Gasteiger partial charge in [-0.3, -0.25) is 4.79 Å². The van der Waals surface area contributed by atoms with Crippen molar-refractivity contribution >= 4 is 60.8 Å². The van der Waals surface area contributed by atoms with Crippen LogP contribution in [0.5, 0.6) is 0 Å². The van der Waals surface area contributed by atoms with Crippen molar-refractivity contribution in [3.05, 3.63) is 48.0 Å². The van der Waals surface area contributed by atoms with Gasteiger partial charge in [-0.25, -0.2) is 4.79 Å². The van der Waals surface area contributed by atoms with Crippen LogP contribution in [-0.2, 0) is 0 Å². The molecule has 0 unspecified atom stereocenters. The molecule has 21 heavy (non-hydrogen) atoms. The van der Waals surface area contributed by atoms with Crippen molar-refractivity contribution in [3.8, 4) is 0 Å². The second-order valence-electron chi connectivity index (χ2n) is 4.42. The first kappa shape index (κ1) is 16.2. The van der Waals surface area contributed by atoms with E-state index in [2.05, 4.69) is 37.2 Å². The highest BCUT2D eigenvalue weighted by molar-refractivity contribution is 9.11. The summed E-state index contributed by atoms with van der Waals surface area (Å²) in [6, 6.07) is 4.93. The highest BCUT2D eigenvalue weighted by Crippen LogP contribution is 2.32. The third kappa shape index (κ3) is 3.53. The molecular formula is C14H11Br2NO3S. The minimum absolute atomic E-state index is 0.0228. The fourth-order valence-electron chi connectivity index (χ4n) is 1.73. The predicted molar refractivity (Wildman–Crippen MR) is 90.5 cm³/mol. The van der Waals surface area contributed by atoms with E-state index in [-0.39, 0.29) is 17.2 Å². The van der Waals surface area contributed by atoms with Gasteiger partial charge in [0.15, 0.2) is 0 Å². The lowest BCUT2D eigenvalue weighted by atomic mass is 10.1. The fraction of sp³-hybridized carbons (Fsp3) is 0.143. The van der Waals surface area contributed by atoms with Gasteiger partial charge in [0.05, 0.1) is 16.1 Å². The standard InChI is InChI=1S/C14H11Br2NO3S/c1-6-3-11(21-7(6)2)13(18)17-12-9(14(19)20)4-8(15)5-10(12)16/h3-5H,1-2H3,(H,17,18)(H,19,20). The molecular weight excluding hydrogens is 422 g/mol. The van der Waals surface area contributed by atoms with Crippen molar-refractivity contribution in [2.45, 2.75) is 13.8 Å². The Morgan fingerprint density at radius 2 is 1.86 bits per heavy atom. The highest BCUT2D eigenvalue weighted by Gasteiger charge is 2.18. The summed E-state index contributed by atoms with van der Waals surface area (Å²) in [5.74, 6) is -1.42. The molecule has 7 heteroatoms. The van der Waals surface area contributed by atoms with Crippen LogP contribution in [0.15, 0.2) is 27.1 Å². The number of aromatic carboxylic acids is 1. The van der Waals surface area contributed by atoms with E-state index >= 15 is 0 Å². The Morgan fingerprint density at radius 3 is 2.38 bits per heavy atom. The van der Waals surface area contributed by atoms with E-state index in [0.29, 0.717) is 13.8 Å². The van der Waals surface area contributed by atoms with Crippen LogP contribution in [0, 0.1) is 13.8 Å². The van der Waals surface area contributed by atoms with Crippen LogP contribution in [0.2, 0.25) is 0 Å². The highest BCUT2D eigenvalue weighted by atomic mass is 79.9. The van der Waals surface area contributed by atoms with Crippen LogP contribution in [0.1, 0.15) is 30.5 Å². The summed E-state index contributed by atoms with van der Waals surface area (Å²) in [5, 5.41) is 11.9. The number of hydrogen-bond donors (Lipinski definition) is 2. The lowest BCUT2D eigenvalue weighted by Gasteiger charge is -2.10. The van der Waals surface area contributed by atoms with Crippen LogP contribution in [0.25, 0.3) is 0 Å². The Morgan fingerprint density at radius 1 is 1.19 bits per heavy atom. The summed E-state index contributed by atoms with van der Waals surface area (Å²) in [4.78, 5) is 25.2. The SMILES string of the molecule is Cc1cc(C(=O)Nc2c(Br)cc(Br)cc2C(=O)O)sc1C. The zero-order valence-corrected chi connectivity index (χ0v) is 15.1. The average Bonchev–Trinajstić information content (AvgIpc) is 2.72. The van der Waals surface area contributed by atoms with Crippen LogP contribution >= 0.6 is 43.2 Å². The van der Waals surface area contributed by atoms with Crippen LogP contribution < -0.4 is 5.32 Å². The maximum atomic E-state index is 12.3. The van der Waals surface area contributed by atoms with E-state index in [0.717, 1.165) is 10.4 Å². The van der Waals surface area contributed by atoms with Crippen LogP contribution in [-0.4, -0.2) is 17.0 Å². The Bertz CT molecular complexity index is 721. The molecule has 0 aliphatic rings. The van der Waals surface area contributed by atoms with Gasteiger partial charge in [-0.1, -0.05) is 15.9 Å². The Kier molecular flexibility index (Phi) is 4.85. The van der Waals surface area contributed by atoms with Gasteiger partial charge in [-0.2, -0.15) is 0 Å². The average molecular weight is 433 g/mol. The van der Waals surface area contributed by atoms with Crippen molar-refractivity contribution in [2.24, 2.45) is 0 Å². The Hall–Kier alpha value is -1.18. The molecule has 0 bridgehead atoms. The Balaban J connectivity index is 2.39. The molecule has 0 saturated heterocycles. The second-order valence-corrected chi connectivity index (χ2v) is 7.45. The van der Waals surface area contributed by atoms with Gasteiger partial charge in [-0.05, 0) is 53.5 Å². The van der Waals surface area contributed by atoms with E-state index in [9.17, 15) is 14.7 Å². The number of carbonyl (C=O) groups excluding carboxylic acids is 1. The molecule has 0 radical (unpaired) electrons. The van der Waals surface area contributed by atoms with Gasteiger partial charge in [0.2, 0.25) is 0 Å². The minimum atomic E-state index is -1.11. The summed E-state index contributed by atoms with van der Waals surface area (Å²) in [6.07, 6.45) is 0. The van der Waals surface area contributed by atoms with Crippen molar-refractivity contribution in [1.82, 2.24) is 0 Å². The van der Waals surface area contributed by atoms with E-state index in [1.54, 1.807) is 12.1 Å². The molecule has 0 aliphatic carbocycles. The van der Waals surface area contributed by atoms with Gasteiger partial charge < -0.3 is 10.4 Å². The number of thiophene rings is 1. The van der Waals surface area contributed by atoms with Crippen molar-refractivity contribution < 1.29 is 14.7 Å². The molecule has 110 valence electrons. The molecule has 2 N–H and O–H groups in total. The topological polar surface area (TPSA) is 66.4 Å². The number of nitrogens with one attached hydrogen (secondary N) is 1. The third-order valence-electron chi connectivity index (χ3n) is 2.91. The number of carboxylic acid groups (broad SMARTS) is 1. The monoisotopic (exact) mass is 431 g/mol. The molecule has 1 amide bonds. The Labute approximate surface area is 142 Å². The predicted octanol–water partition coefficient (Wildman–Crippen LogP) is 4.84. The lowest BCUT2D eigenvalue weighted by Crippen LogP contribution is -2.14. The first-order valence-electron chi connectivity index (χ1n) is 5.90.